The largest absolute Gasteiger partial charge is 0.487 e. The lowest BCUT2D eigenvalue weighted by molar-refractivity contribution is -0.141. The molecular formula is C48H53FN6O8. The van der Waals surface area contributed by atoms with E-state index in [0.29, 0.717) is 81.0 Å². The molecule has 4 heterocycles. The number of hydrogen-bond acceptors (Lipinski definition) is 10. The van der Waals surface area contributed by atoms with Gasteiger partial charge in [-0.05, 0) is 117 Å². The van der Waals surface area contributed by atoms with Crippen LogP contribution in [0.15, 0.2) is 85.2 Å². The van der Waals surface area contributed by atoms with Crippen molar-refractivity contribution in [2.24, 2.45) is 11.8 Å². The van der Waals surface area contributed by atoms with Gasteiger partial charge in [-0.3, -0.25) is 33.9 Å². The van der Waals surface area contributed by atoms with Gasteiger partial charge < -0.3 is 35.1 Å². The molecule has 3 N–H and O–H groups in total. The lowest BCUT2D eigenvalue weighted by atomic mass is 9.73. The highest BCUT2D eigenvalue weighted by Gasteiger charge is 2.45. The van der Waals surface area contributed by atoms with Crippen molar-refractivity contribution in [2.45, 2.75) is 69.9 Å². The standard InChI is InChI=1S/C48H53FN6O8/c1-29-6-17-42(46(58)52-29)55-47(59)38-4-3-5-41(44(38)48(55)60)51-21-23-62-25-24-61-22-19-43(56)54-27-36(28-54)63-35-14-12-34(13-15-35)53-45(57)30(2)31-7-9-32(10-8-31)37-18-20-50-40-16-11-33(49)26-39(37)40/h3-5,11-16,18,20,26,30-32,36,42,51H,1,6-10,17,19,21-25,27-28H2,2H3,(H,52,58)(H,53,57)/t30-,31?,32?,42?/m1/s1. The fraction of sp³-hybridized carbons (Fsp3) is 0.417. The average molecular weight is 861 g/mol. The van der Waals surface area contributed by atoms with Crippen LogP contribution in [0.5, 0.6) is 5.75 Å². The van der Waals surface area contributed by atoms with Crippen molar-refractivity contribution in [3.05, 3.63) is 108 Å². The number of hydrogen-bond donors (Lipinski definition) is 3. The van der Waals surface area contributed by atoms with Crippen LogP contribution >= 0.6 is 0 Å². The van der Waals surface area contributed by atoms with Crippen molar-refractivity contribution in [3.8, 4) is 5.75 Å². The number of ether oxygens (including phenoxy) is 3. The molecular weight excluding hydrogens is 808 g/mol. The van der Waals surface area contributed by atoms with Crippen LogP contribution in [0.2, 0.25) is 0 Å². The lowest BCUT2D eigenvalue weighted by Crippen LogP contribution is -2.56. The van der Waals surface area contributed by atoms with Crippen molar-refractivity contribution >= 4 is 51.8 Å². The number of amides is 5. The molecule has 15 heteroatoms. The molecule has 4 aromatic rings. The Labute approximate surface area is 365 Å². The van der Waals surface area contributed by atoms with Crippen molar-refractivity contribution in [1.82, 2.24) is 20.1 Å². The molecule has 330 valence electrons. The van der Waals surface area contributed by atoms with Gasteiger partial charge in [0.2, 0.25) is 17.7 Å². The van der Waals surface area contributed by atoms with Crippen molar-refractivity contribution in [2.75, 3.05) is 56.7 Å². The van der Waals surface area contributed by atoms with E-state index in [2.05, 4.69) is 27.5 Å². The summed E-state index contributed by atoms with van der Waals surface area (Å²) >= 11 is 0. The number of nitrogens with one attached hydrogen (secondary N) is 3. The number of allylic oxidation sites excluding steroid dienone is 1. The Bertz CT molecular complexity index is 2380. The predicted molar refractivity (Wildman–Crippen MR) is 234 cm³/mol. The Balaban J connectivity index is 0.671. The third-order valence-corrected chi connectivity index (χ3v) is 12.7. The SMILES string of the molecule is C=C1CCC(N2C(=O)c3cccc(NCCOCCOCCC(=O)N4CC(Oc5ccc(NC(=O)[C@H](C)C6CCC(c7ccnc8ccc(F)cc78)CC6)cc5)C4)c3C2=O)C(=O)N1. The minimum Gasteiger partial charge on any atom is -0.487 e. The minimum absolute atomic E-state index is 0.0128. The number of likely N-dealkylation sites (tertiary alicyclic amines) is 1. The van der Waals surface area contributed by atoms with E-state index in [1.54, 1.807) is 41.4 Å². The molecule has 3 aliphatic heterocycles. The highest BCUT2D eigenvalue weighted by molar-refractivity contribution is 6.25. The van der Waals surface area contributed by atoms with Crippen LogP contribution in [-0.2, 0) is 23.9 Å². The van der Waals surface area contributed by atoms with Gasteiger partial charge in [0.1, 0.15) is 23.7 Å². The van der Waals surface area contributed by atoms with Gasteiger partial charge in [0.05, 0.1) is 62.6 Å². The second-order valence-electron chi connectivity index (χ2n) is 16.8. The number of piperidine rings is 1. The quantitative estimate of drug-likeness (QED) is 0.0795. The number of rotatable bonds is 17. The molecule has 63 heavy (non-hydrogen) atoms. The molecule has 2 saturated heterocycles. The molecule has 8 rings (SSSR count). The van der Waals surface area contributed by atoms with Gasteiger partial charge in [-0.15, -0.1) is 0 Å². The maximum atomic E-state index is 14.0. The van der Waals surface area contributed by atoms with Crippen LogP contribution in [0.25, 0.3) is 10.9 Å². The maximum absolute atomic E-state index is 14.0. The van der Waals surface area contributed by atoms with E-state index in [4.69, 9.17) is 14.2 Å². The number of aromatic nitrogens is 1. The van der Waals surface area contributed by atoms with Gasteiger partial charge in [-0.2, -0.15) is 0 Å². The molecule has 1 aromatic heterocycles. The summed E-state index contributed by atoms with van der Waals surface area (Å²) in [4.78, 5) is 72.0. The van der Waals surface area contributed by atoms with Crippen molar-refractivity contribution in [3.63, 3.8) is 0 Å². The van der Waals surface area contributed by atoms with E-state index in [1.165, 1.54) is 6.07 Å². The van der Waals surface area contributed by atoms with E-state index < -0.39 is 23.8 Å². The Kier molecular flexibility index (Phi) is 13.4. The van der Waals surface area contributed by atoms with Crippen LogP contribution in [-0.4, -0.2) is 103 Å². The van der Waals surface area contributed by atoms with Gasteiger partial charge in [0.15, 0.2) is 0 Å². The predicted octanol–water partition coefficient (Wildman–Crippen LogP) is 6.44. The zero-order chi connectivity index (χ0) is 44.0. The first-order valence-corrected chi connectivity index (χ1v) is 21.8. The van der Waals surface area contributed by atoms with Crippen LogP contribution in [0.3, 0.4) is 0 Å². The molecule has 0 radical (unpaired) electrons. The third kappa shape index (κ3) is 9.89. The van der Waals surface area contributed by atoms with E-state index in [-0.39, 0.29) is 59.7 Å². The molecule has 14 nitrogen and oxygen atoms in total. The van der Waals surface area contributed by atoms with Gasteiger partial charge in [0.25, 0.3) is 11.8 Å². The molecule has 0 spiro atoms. The minimum atomic E-state index is -0.874. The zero-order valence-corrected chi connectivity index (χ0v) is 35.4. The van der Waals surface area contributed by atoms with E-state index in [1.807, 2.05) is 37.3 Å². The molecule has 1 saturated carbocycles. The van der Waals surface area contributed by atoms with Gasteiger partial charge in [-0.25, -0.2) is 4.39 Å². The smallest absolute Gasteiger partial charge is 0.264 e. The molecule has 4 aliphatic rings. The summed E-state index contributed by atoms with van der Waals surface area (Å²) in [6.45, 7) is 8.29. The average Bonchev–Trinajstić information content (AvgIpc) is 3.52. The summed E-state index contributed by atoms with van der Waals surface area (Å²) in [5.41, 5.74) is 4.21. The van der Waals surface area contributed by atoms with Crippen LogP contribution in [0.4, 0.5) is 15.8 Å². The highest BCUT2D eigenvalue weighted by atomic mass is 19.1. The summed E-state index contributed by atoms with van der Waals surface area (Å²) in [5, 5.41) is 9.74. The first-order chi connectivity index (χ1) is 30.5. The third-order valence-electron chi connectivity index (χ3n) is 12.7. The van der Waals surface area contributed by atoms with E-state index in [9.17, 15) is 28.4 Å². The molecule has 5 amide bonds. The van der Waals surface area contributed by atoms with Crippen molar-refractivity contribution in [1.29, 1.82) is 0 Å². The van der Waals surface area contributed by atoms with Crippen LogP contribution in [0, 0.1) is 17.7 Å². The topological polar surface area (TPSA) is 168 Å². The first kappa shape index (κ1) is 43.5. The fourth-order valence-corrected chi connectivity index (χ4v) is 9.06. The summed E-state index contributed by atoms with van der Waals surface area (Å²) in [6, 6.07) is 18.2. The molecule has 0 bridgehead atoms. The lowest BCUT2D eigenvalue weighted by Gasteiger charge is -2.39. The second kappa shape index (κ2) is 19.5. The van der Waals surface area contributed by atoms with Gasteiger partial charge in [0, 0.05) is 41.1 Å². The summed E-state index contributed by atoms with van der Waals surface area (Å²) in [7, 11) is 0. The number of anilines is 2. The first-order valence-electron chi connectivity index (χ1n) is 21.8. The van der Waals surface area contributed by atoms with Gasteiger partial charge >= 0.3 is 0 Å². The summed E-state index contributed by atoms with van der Waals surface area (Å²) < 4.78 is 31.4. The normalized spacial score (nSPS) is 20.6. The number of carbonyl (C=O) groups excluding carboxylic acids is 5. The molecule has 1 unspecified atom stereocenters. The second-order valence-corrected chi connectivity index (χ2v) is 16.8. The van der Waals surface area contributed by atoms with Gasteiger partial charge in [-0.1, -0.05) is 19.6 Å². The van der Waals surface area contributed by atoms with E-state index >= 15 is 0 Å². The Morgan fingerprint density at radius 3 is 2.44 bits per heavy atom. The molecule has 3 aromatic carbocycles. The molecule has 2 atom stereocenters. The van der Waals surface area contributed by atoms with E-state index in [0.717, 1.165) is 47.0 Å². The number of carbonyl (C=O) groups is 5. The molecule has 3 fully saturated rings. The Morgan fingerprint density at radius 1 is 0.921 bits per heavy atom. The van der Waals surface area contributed by atoms with Crippen LogP contribution < -0.4 is 20.7 Å². The number of benzene rings is 3. The fourth-order valence-electron chi connectivity index (χ4n) is 9.06. The number of pyridine rings is 1. The summed E-state index contributed by atoms with van der Waals surface area (Å²) in [6.07, 6.45) is 6.47. The van der Waals surface area contributed by atoms with Crippen LogP contribution in [0.1, 0.15) is 84.1 Å². The highest BCUT2D eigenvalue weighted by Crippen LogP contribution is 2.41. The Morgan fingerprint density at radius 2 is 1.68 bits per heavy atom. The van der Waals surface area contributed by atoms with Crippen molar-refractivity contribution < 1.29 is 42.6 Å². The number of imide groups is 1. The number of fused-ring (bicyclic) bond motifs is 2. The monoisotopic (exact) mass is 860 g/mol. The zero-order valence-electron chi connectivity index (χ0n) is 35.4. The molecule has 1 aliphatic carbocycles. The maximum Gasteiger partial charge on any atom is 0.264 e. The summed E-state index contributed by atoms with van der Waals surface area (Å²) in [5.74, 6) is -0.589. The number of halogens is 1. The number of nitrogens with zero attached hydrogens (tertiary/aromatic N) is 3. The Hall–Kier alpha value is -6.19.